The molecule has 84 valence electrons. The number of hydrogen-bond donors (Lipinski definition) is 2. The minimum absolute atomic E-state index is 0.175. The first kappa shape index (κ1) is 9.70. The van der Waals surface area contributed by atoms with Crippen molar-refractivity contribution >= 4 is 17.3 Å². The van der Waals surface area contributed by atoms with Crippen LogP contribution in [0.4, 0.5) is 11.4 Å². The number of rotatable bonds is 0. The quantitative estimate of drug-likeness (QED) is 0.654. The third-order valence-electron chi connectivity index (χ3n) is 4.00. The Kier molecular flexibility index (Phi) is 1.82. The Morgan fingerprint density at radius 1 is 1.31 bits per heavy atom. The normalized spacial score (nSPS) is 21.2. The molecule has 1 aliphatic carbocycles. The van der Waals surface area contributed by atoms with E-state index in [0.717, 1.165) is 48.2 Å². The van der Waals surface area contributed by atoms with Crippen molar-refractivity contribution in [1.29, 1.82) is 0 Å². The Balaban J connectivity index is 2.24. The summed E-state index contributed by atoms with van der Waals surface area (Å²) >= 11 is 0. The maximum absolute atomic E-state index is 12.2. The van der Waals surface area contributed by atoms with Gasteiger partial charge in [-0.2, -0.15) is 0 Å². The summed E-state index contributed by atoms with van der Waals surface area (Å²) in [5.74, 6) is 0.175. The van der Waals surface area contributed by atoms with E-state index in [1.165, 1.54) is 0 Å². The van der Waals surface area contributed by atoms with E-state index in [-0.39, 0.29) is 11.3 Å². The van der Waals surface area contributed by atoms with Crippen molar-refractivity contribution in [3.8, 4) is 0 Å². The lowest BCUT2D eigenvalue weighted by molar-refractivity contribution is -0.120. The van der Waals surface area contributed by atoms with E-state index in [0.29, 0.717) is 0 Å². The molecule has 1 aromatic rings. The predicted octanol–water partition coefficient (Wildman–Crippen LogP) is 2.34. The Morgan fingerprint density at radius 2 is 2.00 bits per heavy atom. The van der Waals surface area contributed by atoms with Gasteiger partial charge in [0.25, 0.3) is 0 Å². The summed E-state index contributed by atoms with van der Waals surface area (Å²) in [6, 6.07) is 3.90. The number of carbonyl (C=O) groups is 1. The summed E-state index contributed by atoms with van der Waals surface area (Å²) < 4.78 is 0. The van der Waals surface area contributed by atoms with Crippen LogP contribution in [-0.2, 0) is 10.2 Å². The molecule has 0 radical (unpaired) electrons. The SMILES string of the molecule is Cc1cc(N)cc2c1NC(=O)C21CCCC1. The van der Waals surface area contributed by atoms with Crippen molar-refractivity contribution in [3.63, 3.8) is 0 Å². The number of aryl methyl sites for hydroxylation is 1. The fourth-order valence-corrected chi connectivity index (χ4v) is 3.19. The number of nitrogens with two attached hydrogens (primary N) is 1. The summed E-state index contributed by atoms with van der Waals surface area (Å²) in [5.41, 5.74) is 9.59. The van der Waals surface area contributed by atoms with Crippen LogP contribution in [0.5, 0.6) is 0 Å². The Bertz CT molecular complexity index is 473. The van der Waals surface area contributed by atoms with Crippen LogP contribution in [0, 0.1) is 6.92 Å². The van der Waals surface area contributed by atoms with Crippen LogP contribution in [0.25, 0.3) is 0 Å². The van der Waals surface area contributed by atoms with Gasteiger partial charge in [-0.25, -0.2) is 0 Å². The van der Waals surface area contributed by atoms with Gasteiger partial charge in [0.05, 0.1) is 5.41 Å². The number of hydrogen-bond acceptors (Lipinski definition) is 2. The van der Waals surface area contributed by atoms with Crippen molar-refractivity contribution in [2.24, 2.45) is 0 Å². The average molecular weight is 216 g/mol. The van der Waals surface area contributed by atoms with E-state index in [1.807, 2.05) is 19.1 Å². The smallest absolute Gasteiger partial charge is 0.235 e. The minimum atomic E-state index is -0.268. The summed E-state index contributed by atoms with van der Waals surface area (Å²) in [5, 5.41) is 3.03. The van der Waals surface area contributed by atoms with Crippen molar-refractivity contribution in [2.75, 3.05) is 11.1 Å². The van der Waals surface area contributed by atoms with Gasteiger partial charge in [-0.1, -0.05) is 12.8 Å². The summed E-state index contributed by atoms with van der Waals surface area (Å²) in [6.07, 6.45) is 4.21. The number of benzene rings is 1. The van der Waals surface area contributed by atoms with Gasteiger partial charge in [0, 0.05) is 11.4 Å². The predicted molar refractivity (Wildman–Crippen MR) is 64.4 cm³/mol. The molecule has 3 rings (SSSR count). The lowest BCUT2D eigenvalue weighted by Crippen LogP contribution is -2.30. The summed E-state index contributed by atoms with van der Waals surface area (Å²) in [4.78, 5) is 12.2. The zero-order valence-corrected chi connectivity index (χ0v) is 9.47. The molecule has 1 heterocycles. The third kappa shape index (κ3) is 1.06. The molecule has 1 aliphatic heterocycles. The highest BCUT2D eigenvalue weighted by Gasteiger charge is 2.48. The fraction of sp³-hybridized carbons (Fsp3) is 0.462. The molecule has 3 heteroatoms. The van der Waals surface area contributed by atoms with Crippen LogP contribution in [0.1, 0.15) is 36.8 Å². The Morgan fingerprint density at radius 3 is 2.69 bits per heavy atom. The van der Waals surface area contributed by atoms with Gasteiger partial charge in [0.1, 0.15) is 0 Å². The van der Waals surface area contributed by atoms with Crippen molar-refractivity contribution in [1.82, 2.24) is 0 Å². The van der Waals surface area contributed by atoms with Crippen LogP contribution in [0.15, 0.2) is 12.1 Å². The summed E-state index contributed by atoms with van der Waals surface area (Å²) in [7, 11) is 0. The lowest BCUT2D eigenvalue weighted by atomic mass is 9.79. The molecule has 0 aromatic heterocycles. The van der Waals surface area contributed by atoms with E-state index >= 15 is 0 Å². The van der Waals surface area contributed by atoms with E-state index < -0.39 is 0 Å². The number of amides is 1. The average Bonchev–Trinajstić information content (AvgIpc) is 2.79. The summed E-state index contributed by atoms with van der Waals surface area (Å²) in [6.45, 7) is 2.00. The van der Waals surface area contributed by atoms with E-state index in [2.05, 4.69) is 5.32 Å². The number of carbonyl (C=O) groups excluding carboxylic acids is 1. The van der Waals surface area contributed by atoms with Crippen molar-refractivity contribution in [3.05, 3.63) is 23.3 Å². The van der Waals surface area contributed by atoms with Crippen LogP contribution in [0.3, 0.4) is 0 Å². The molecule has 1 amide bonds. The zero-order valence-electron chi connectivity index (χ0n) is 9.47. The highest BCUT2D eigenvalue weighted by Crippen LogP contribution is 2.50. The molecule has 0 atom stereocenters. The first-order chi connectivity index (χ1) is 7.63. The number of nitrogens with one attached hydrogen (secondary N) is 1. The number of nitrogen functional groups attached to an aromatic ring is 1. The van der Waals surface area contributed by atoms with Crippen molar-refractivity contribution < 1.29 is 4.79 Å². The second-order valence-corrected chi connectivity index (χ2v) is 5.00. The fourth-order valence-electron chi connectivity index (χ4n) is 3.19. The van der Waals surface area contributed by atoms with Crippen LogP contribution in [-0.4, -0.2) is 5.91 Å². The molecule has 1 saturated carbocycles. The van der Waals surface area contributed by atoms with Gasteiger partial charge < -0.3 is 11.1 Å². The molecule has 0 saturated heterocycles. The Hall–Kier alpha value is -1.51. The monoisotopic (exact) mass is 216 g/mol. The molecule has 1 spiro atoms. The third-order valence-corrected chi connectivity index (χ3v) is 4.00. The largest absolute Gasteiger partial charge is 0.399 e. The van der Waals surface area contributed by atoms with Gasteiger partial charge in [0.15, 0.2) is 0 Å². The molecule has 3 N–H and O–H groups in total. The first-order valence-electron chi connectivity index (χ1n) is 5.85. The van der Waals surface area contributed by atoms with E-state index in [1.54, 1.807) is 0 Å². The Labute approximate surface area is 95.0 Å². The number of anilines is 2. The zero-order chi connectivity index (χ0) is 11.3. The lowest BCUT2D eigenvalue weighted by Gasteiger charge is -2.20. The molecule has 1 aromatic carbocycles. The molecule has 2 aliphatic rings. The minimum Gasteiger partial charge on any atom is -0.399 e. The van der Waals surface area contributed by atoms with Gasteiger partial charge in [-0.3, -0.25) is 4.79 Å². The maximum atomic E-state index is 12.2. The highest BCUT2D eigenvalue weighted by molar-refractivity contribution is 6.07. The van der Waals surface area contributed by atoms with Gasteiger partial charge in [-0.15, -0.1) is 0 Å². The second-order valence-electron chi connectivity index (χ2n) is 5.00. The first-order valence-corrected chi connectivity index (χ1v) is 5.85. The molecular weight excluding hydrogens is 200 g/mol. The second kappa shape index (κ2) is 3.00. The molecule has 1 fully saturated rings. The van der Waals surface area contributed by atoms with E-state index in [9.17, 15) is 4.79 Å². The molecule has 3 nitrogen and oxygen atoms in total. The number of fused-ring (bicyclic) bond motifs is 2. The molecule has 0 unspecified atom stereocenters. The van der Waals surface area contributed by atoms with Gasteiger partial charge in [0.2, 0.25) is 5.91 Å². The van der Waals surface area contributed by atoms with Crippen LogP contribution < -0.4 is 11.1 Å². The standard InChI is InChI=1S/C13H16N2O/c1-8-6-9(14)7-10-11(8)15-12(16)13(10)4-2-3-5-13/h6-7H,2-5,14H2,1H3,(H,15,16). The van der Waals surface area contributed by atoms with Gasteiger partial charge >= 0.3 is 0 Å². The maximum Gasteiger partial charge on any atom is 0.235 e. The van der Waals surface area contributed by atoms with Crippen LogP contribution in [0.2, 0.25) is 0 Å². The topological polar surface area (TPSA) is 55.1 Å². The van der Waals surface area contributed by atoms with E-state index in [4.69, 9.17) is 5.73 Å². The molecule has 16 heavy (non-hydrogen) atoms. The highest BCUT2D eigenvalue weighted by atomic mass is 16.2. The van der Waals surface area contributed by atoms with Crippen LogP contribution >= 0.6 is 0 Å². The molecular formula is C13H16N2O. The van der Waals surface area contributed by atoms with Gasteiger partial charge in [-0.05, 0) is 43.0 Å². The van der Waals surface area contributed by atoms with Crippen molar-refractivity contribution in [2.45, 2.75) is 38.0 Å². The molecule has 0 bridgehead atoms.